The van der Waals surface area contributed by atoms with E-state index >= 15 is 0 Å². The molecule has 1 saturated heterocycles. The third-order valence-electron chi connectivity index (χ3n) is 4.23. The summed E-state index contributed by atoms with van der Waals surface area (Å²) in [6.07, 6.45) is 4.92. The summed E-state index contributed by atoms with van der Waals surface area (Å²) in [5.74, 6) is -0.666. The van der Waals surface area contributed by atoms with Crippen molar-refractivity contribution >= 4 is 5.97 Å². The van der Waals surface area contributed by atoms with Crippen LogP contribution in [0.1, 0.15) is 39.0 Å². The molecule has 1 aliphatic heterocycles. The SMILES string of the molecule is CC1CCN(C2CC2)C(CCC(=O)O)CN1C. The number of nitrogens with zero attached hydrogens (tertiary/aromatic N) is 2. The van der Waals surface area contributed by atoms with Crippen LogP contribution in [0.5, 0.6) is 0 Å². The summed E-state index contributed by atoms with van der Waals surface area (Å²) in [4.78, 5) is 15.7. The minimum absolute atomic E-state index is 0.302. The van der Waals surface area contributed by atoms with Crippen molar-refractivity contribution in [1.29, 1.82) is 0 Å². The molecule has 98 valence electrons. The van der Waals surface area contributed by atoms with E-state index in [1.54, 1.807) is 0 Å². The second-order valence-electron chi connectivity index (χ2n) is 5.63. The minimum Gasteiger partial charge on any atom is -0.481 e. The topological polar surface area (TPSA) is 43.8 Å². The zero-order chi connectivity index (χ0) is 12.4. The molecule has 1 heterocycles. The molecule has 0 bridgehead atoms. The highest BCUT2D eigenvalue weighted by Crippen LogP contribution is 2.32. The highest BCUT2D eigenvalue weighted by molar-refractivity contribution is 5.66. The monoisotopic (exact) mass is 240 g/mol. The Balaban J connectivity index is 1.97. The Morgan fingerprint density at radius 2 is 2.06 bits per heavy atom. The van der Waals surface area contributed by atoms with E-state index in [4.69, 9.17) is 5.11 Å². The number of hydrogen-bond acceptors (Lipinski definition) is 3. The number of carboxylic acid groups (broad SMARTS) is 1. The molecule has 4 nitrogen and oxygen atoms in total. The van der Waals surface area contributed by atoms with Gasteiger partial charge in [0.25, 0.3) is 0 Å². The van der Waals surface area contributed by atoms with E-state index in [-0.39, 0.29) is 0 Å². The van der Waals surface area contributed by atoms with E-state index in [2.05, 4.69) is 23.8 Å². The van der Waals surface area contributed by atoms with E-state index in [1.165, 1.54) is 19.3 Å². The molecule has 0 aromatic rings. The van der Waals surface area contributed by atoms with Crippen LogP contribution in [0.3, 0.4) is 0 Å². The maximum absolute atomic E-state index is 10.7. The van der Waals surface area contributed by atoms with Crippen LogP contribution >= 0.6 is 0 Å². The van der Waals surface area contributed by atoms with Gasteiger partial charge in [0.05, 0.1) is 0 Å². The van der Waals surface area contributed by atoms with Gasteiger partial charge in [-0.15, -0.1) is 0 Å². The molecule has 2 atom stereocenters. The predicted molar refractivity (Wildman–Crippen MR) is 67.1 cm³/mol. The highest BCUT2D eigenvalue weighted by Gasteiger charge is 2.36. The Morgan fingerprint density at radius 1 is 1.35 bits per heavy atom. The largest absolute Gasteiger partial charge is 0.481 e. The summed E-state index contributed by atoms with van der Waals surface area (Å²) in [6.45, 7) is 4.43. The molecule has 0 spiro atoms. The van der Waals surface area contributed by atoms with Gasteiger partial charge < -0.3 is 10.0 Å². The first-order chi connectivity index (χ1) is 8.08. The summed E-state index contributed by atoms with van der Waals surface area (Å²) in [6, 6.07) is 1.80. The third-order valence-corrected chi connectivity index (χ3v) is 4.23. The standard InChI is InChI=1S/C13H24N2O2/c1-10-7-8-15(11-3-4-11)12(9-14(10)2)5-6-13(16)17/h10-12H,3-9H2,1-2H3,(H,16,17). The van der Waals surface area contributed by atoms with Crippen molar-refractivity contribution in [2.24, 2.45) is 0 Å². The molecule has 2 rings (SSSR count). The average molecular weight is 240 g/mol. The molecule has 1 N–H and O–H groups in total. The van der Waals surface area contributed by atoms with Gasteiger partial charge in [-0.2, -0.15) is 0 Å². The lowest BCUT2D eigenvalue weighted by atomic mass is 10.1. The Kier molecular flexibility index (Phi) is 4.05. The molecular weight excluding hydrogens is 216 g/mol. The maximum Gasteiger partial charge on any atom is 0.303 e. The van der Waals surface area contributed by atoms with Gasteiger partial charge in [0.2, 0.25) is 0 Å². The van der Waals surface area contributed by atoms with Crippen molar-refractivity contribution in [1.82, 2.24) is 9.80 Å². The molecular formula is C13H24N2O2. The van der Waals surface area contributed by atoms with Crippen LogP contribution in [-0.2, 0) is 4.79 Å². The molecule has 0 radical (unpaired) electrons. The smallest absolute Gasteiger partial charge is 0.303 e. The van der Waals surface area contributed by atoms with E-state index in [0.717, 1.165) is 25.6 Å². The van der Waals surface area contributed by atoms with Gasteiger partial charge in [-0.1, -0.05) is 0 Å². The number of likely N-dealkylation sites (N-methyl/N-ethyl adjacent to an activating group) is 1. The highest BCUT2D eigenvalue weighted by atomic mass is 16.4. The van der Waals surface area contributed by atoms with Gasteiger partial charge in [0.1, 0.15) is 0 Å². The Morgan fingerprint density at radius 3 is 2.65 bits per heavy atom. The van der Waals surface area contributed by atoms with Crippen LogP contribution < -0.4 is 0 Å². The fraction of sp³-hybridized carbons (Fsp3) is 0.923. The molecule has 1 aliphatic carbocycles. The lowest BCUT2D eigenvalue weighted by Crippen LogP contribution is -2.42. The Hall–Kier alpha value is -0.610. The number of aliphatic carboxylic acids is 1. The van der Waals surface area contributed by atoms with Crippen molar-refractivity contribution in [3.8, 4) is 0 Å². The van der Waals surface area contributed by atoms with Crippen LogP contribution in [-0.4, -0.2) is 59.1 Å². The number of rotatable bonds is 4. The first-order valence-corrected chi connectivity index (χ1v) is 6.75. The zero-order valence-corrected chi connectivity index (χ0v) is 10.9. The minimum atomic E-state index is -0.666. The lowest BCUT2D eigenvalue weighted by Gasteiger charge is -2.31. The van der Waals surface area contributed by atoms with Gasteiger partial charge >= 0.3 is 5.97 Å². The van der Waals surface area contributed by atoms with Gasteiger partial charge in [0, 0.05) is 37.6 Å². The molecule has 0 aromatic heterocycles. The second kappa shape index (κ2) is 5.36. The van der Waals surface area contributed by atoms with E-state index in [0.29, 0.717) is 18.5 Å². The summed E-state index contributed by atoms with van der Waals surface area (Å²) < 4.78 is 0. The number of carboxylic acids is 1. The summed E-state index contributed by atoms with van der Waals surface area (Å²) in [5.41, 5.74) is 0. The normalized spacial score (nSPS) is 32.4. The molecule has 2 unspecified atom stereocenters. The lowest BCUT2D eigenvalue weighted by molar-refractivity contribution is -0.137. The molecule has 1 saturated carbocycles. The fourth-order valence-electron chi connectivity index (χ4n) is 2.79. The van der Waals surface area contributed by atoms with Crippen LogP contribution in [0.4, 0.5) is 0 Å². The Labute approximate surface area is 104 Å². The van der Waals surface area contributed by atoms with E-state index in [9.17, 15) is 4.79 Å². The van der Waals surface area contributed by atoms with Crippen molar-refractivity contribution in [2.45, 2.75) is 57.2 Å². The van der Waals surface area contributed by atoms with Crippen LogP contribution in [0.15, 0.2) is 0 Å². The fourth-order valence-corrected chi connectivity index (χ4v) is 2.79. The quantitative estimate of drug-likeness (QED) is 0.807. The van der Waals surface area contributed by atoms with Crippen LogP contribution in [0, 0.1) is 0 Å². The van der Waals surface area contributed by atoms with Gasteiger partial charge in [-0.25, -0.2) is 0 Å². The molecule has 0 aromatic carbocycles. The van der Waals surface area contributed by atoms with Crippen LogP contribution in [0.25, 0.3) is 0 Å². The Bertz CT molecular complexity index is 279. The maximum atomic E-state index is 10.7. The van der Waals surface area contributed by atoms with Gasteiger partial charge in [-0.3, -0.25) is 9.69 Å². The van der Waals surface area contributed by atoms with Gasteiger partial charge in [-0.05, 0) is 39.7 Å². The summed E-state index contributed by atoms with van der Waals surface area (Å²) in [7, 11) is 2.16. The van der Waals surface area contributed by atoms with Crippen LogP contribution in [0.2, 0.25) is 0 Å². The first kappa shape index (κ1) is 12.8. The third kappa shape index (κ3) is 3.42. The zero-order valence-electron chi connectivity index (χ0n) is 10.9. The van der Waals surface area contributed by atoms with E-state index in [1.807, 2.05) is 0 Å². The van der Waals surface area contributed by atoms with Crippen molar-refractivity contribution in [3.05, 3.63) is 0 Å². The predicted octanol–water partition coefficient (Wildman–Crippen LogP) is 1.41. The average Bonchev–Trinajstić information content (AvgIpc) is 3.08. The number of carbonyl (C=O) groups is 1. The summed E-state index contributed by atoms with van der Waals surface area (Å²) >= 11 is 0. The number of hydrogen-bond donors (Lipinski definition) is 1. The van der Waals surface area contributed by atoms with Gasteiger partial charge in [0.15, 0.2) is 0 Å². The molecule has 0 amide bonds. The van der Waals surface area contributed by atoms with Crippen molar-refractivity contribution < 1.29 is 9.90 Å². The molecule has 2 fully saturated rings. The molecule has 2 aliphatic rings. The summed E-state index contributed by atoms with van der Waals surface area (Å²) in [5, 5.41) is 8.84. The molecule has 4 heteroatoms. The van der Waals surface area contributed by atoms with Crippen molar-refractivity contribution in [2.75, 3.05) is 20.1 Å². The second-order valence-corrected chi connectivity index (χ2v) is 5.63. The van der Waals surface area contributed by atoms with E-state index < -0.39 is 5.97 Å². The first-order valence-electron chi connectivity index (χ1n) is 6.75. The van der Waals surface area contributed by atoms with Crippen molar-refractivity contribution in [3.63, 3.8) is 0 Å². The molecule has 17 heavy (non-hydrogen) atoms.